The monoisotopic (exact) mass is 671 g/mol. The van der Waals surface area contributed by atoms with Crippen molar-refractivity contribution >= 4 is 38.9 Å². The smallest absolute Gasteiger partial charge is 0.414 e. The van der Waals surface area contributed by atoms with Crippen LogP contribution >= 0.6 is 0 Å². The fraction of sp³-hybridized carbons (Fsp3) is 0.436. The second kappa shape index (κ2) is 15.3. The third-order valence-electron chi connectivity index (χ3n) is 9.60. The van der Waals surface area contributed by atoms with Crippen LogP contribution in [0.1, 0.15) is 66.4 Å². The molecular formula is C39H53NO5Si2. The predicted molar refractivity (Wildman–Crippen MR) is 196 cm³/mol. The van der Waals surface area contributed by atoms with E-state index in [1.54, 1.807) is 11.0 Å². The summed E-state index contributed by atoms with van der Waals surface area (Å²) in [6, 6.07) is 30.4. The highest BCUT2D eigenvalue weighted by atomic mass is 28.4. The highest BCUT2D eigenvalue weighted by Gasteiger charge is 2.50. The van der Waals surface area contributed by atoms with Crippen LogP contribution in [0.5, 0.6) is 0 Å². The number of rotatable bonds is 12. The van der Waals surface area contributed by atoms with Gasteiger partial charge in [-0.3, -0.25) is 9.69 Å². The number of hydrogen-bond acceptors (Lipinski definition) is 5. The zero-order valence-corrected chi connectivity index (χ0v) is 31.5. The molecule has 0 unspecified atom stereocenters. The molecule has 0 saturated carbocycles. The van der Waals surface area contributed by atoms with Gasteiger partial charge in [-0.2, -0.15) is 0 Å². The molecule has 47 heavy (non-hydrogen) atoms. The van der Waals surface area contributed by atoms with Gasteiger partial charge in [0.15, 0.2) is 14.1 Å². The molecule has 3 aromatic rings. The third-order valence-corrected chi connectivity index (χ3v) is 19.1. The number of benzene rings is 3. The minimum absolute atomic E-state index is 0.00127. The Labute approximate surface area is 284 Å². The van der Waals surface area contributed by atoms with E-state index in [0.717, 1.165) is 5.56 Å². The van der Waals surface area contributed by atoms with Crippen molar-refractivity contribution in [3.63, 3.8) is 0 Å². The lowest BCUT2D eigenvalue weighted by Crippen LogP contribution is -2.66. The molecule has 4 rings (SSSR count). The van der Waals surface area contributed by atoms with Crippen LogP contribution in [0, 0.1) is 0 Å². The Balaban J connectivity index is 1.57. The summed E-state index contributed by atoms with van der Waals surface area (Å²) in [7, 11) is -4.84. The zero-order chi connectivity index (χ0) is 34.3. The van der Waals surface area contributed by atoms with E-state index in [1.165, 1.54) is 10.4 Å². The van der Waals surface area contributed by atoms with E-state index in [4.69, 9.17) is 13.6 Å². The van der Waals surface area contributed by atoms with E-state index < -0.39 is 28.8 Å². The molecule has 8 heteroatoms. The second-order valence-corrected chi connectivity index (χ2v) is 24.2. The van der Waals surface area contributed by atoms with Crippen LogP contribution in [0.15, 0.2) is 103 Å². The number of nitrogens with zero attached hydrogens (tertiary/aromatic N) is 1. The number of ether oxygens (including phenoxy) is 1. The summed E-state index contributed by atoms with van der Waals surface area (Å²) >= 11 is 0. The fourth-order valence-corrected chi connectivity index (χ4v) is 11.7. The Kier molecular flexibility index (Phi) is 11.9. The summed E-state index contributed by atoms with van der Waals surface area (Å²) < 4.78 is 19.5. The van der Waals surface area contributed by atoms with Crippen molar-refractivity contribution in [2.24, 2.45) is 0 Å². The molecule has 252 valence electrons. The molecular weight excluding hydrogens is 619 g/mol. The summed E-state index contributed by atoms with van der Waals surface area (Å²) in [4.78, 5) is 28.6. The molecule has 1 heterocycles. The van der Waals surface area contributed by atoms with Crippen LogP contribution in [0.4, 0.5) is 4.79 Å². The van der Waals surface area contributed by atoms with Crippen LogP contribution in [0.25, 0.3) is 0 Å². The summed E-state index contributed by atoms with van der Waals surface area (Å²) in [5.74, 6) is 0.00356. The van der Waals surface area contributed by atoms with Gasteiger partial charge in [-0.05, 0) is 51.9 Å². The van der Waals surface area contributed by atoms with Gasteiger partial charge in [0.25, 0.3) is 8.32 Å². The minimum atomic E-state index is -2.71. The lowest BCUT2D eigenvalue weighted by molar-refractivity contribution is -0.116. The van der Waals surface area contributed by atoms with E-state index >= 15 is 0 Å². The van der Waals surface area contributed by atoms with Crippen molar-refractivity contribution in [3.05, 3.63) is 108 Å². The zero-order valence-electron chi connectivity index (χ0n) is 29.5. The minimum Gasteiger partial charge on any atom is -0.444 e. The van der Waals surface area contributed by atoms with Gasteiger partial charge in [0.1, 0.15) is 6.61 Å². The van der Waals surface area contributed by atoms with Crippen molar-refractivity contribution in [1.82, 2.24) is 4.90 Å². The van der Waals surface area contributed by atoms with Gasteiger partial charge in [-0.15, -0.1) is 0 Å². The Hall–Kier alpha value is -3.31. The Morgan fingerprint density at radius 3 is 1.83 bits per heavy atom. The van der Waals surface area contributed by atoms with E-state index in [0.29, 0.717) is 31.8 Å². The molecule has 1 amide bonds. The molecule has 0 bridgehead atoms. The summed E-state index contributed by atoms with van der Waals surface area (Å²) in [6.07, 6.45) is 2.51. The van der Waals surface area contributed by atoms with E-state index in [2.05, 4.69) is 103 Å². The molecule has 1 atom stereocenters. The normalized spacial score (nSPS) is 16.2. The van der Waals surface area contributed by atoms with Crippen molar-refractivity contribution in [2.45, 2.75) is 96.6 Å². The first-order chi connectivity index (χ1) is 22.2. The highest BCUT2D eigenvalue weighted by Crippen LogP contribution is 2.38. The molecule has 0 aliphatic carbocycles. The SMILES string of the molecule is CC(C)(C)[Si](C)(C)OC[C@H]1CC(=O)C=C(CCCO[Si](c2ccccc2)(c2ccccc2)C(C)(C)C)N1C(=O)OCc1ccccc1. The van der Waals surface area contributed by atoms with Gasteiger partial charge >= 0.3 is 6.09 Å². The quantitative estimate of drug-likeness (QED) is 0.143. The van der Waals surface area contributed by atoms with Gasteiger partial charge in [0.2, 0.25) is 0 Å². The maximum atomic E-state index is 13.8. The Morgan fingerprint density at radius 1 is 0.787 bits per heavy atom. The summed E-state index contributed by atoms with van der Waals surface area (Å²) in [6.45, 7) is 18.7. The number of allylic oxidation sites excluding steroid dienone is 2. The molecule has 0 saturated heterocycles. The van der Waals surface area contributed by atoms with Crippen LogP contribution in [0.3, 0.4) is 0 Å². The maximum absolute atomic E-state index is 13.8. The Morgan fingerprint density at radius 2 is 1.32 bits per heavy atom. The largest absolute Gasteiger partial charge is 0.444 e. The predicted octanol–water partition coefficient (Wildman–Crippen LogP) is 8.23. The standard InChI is InChI=1S/C39H53NO5Si2/c1-38(2,3)46(7,8)45-30-33-28-34(41)27-32(40(33)37(42)43-29-31-19-12-9-13-20-31)21-18-26-44-47(39(4,5)6,35-22-14-10-15-23-35)36-24-16-11-17-25-36/h9-17,19-20,22-25,27,33H,18,21,26,28-30H2,1-8H3/t33-/m1/s1. The third kappa shape index (κ3) is 8.79. The molecule has 3 aromatic carbocycles. The van der Waals surface area contributed by atoms with Gasteiger partial charge in [-0.1, -0.05) is 133 Å². The lowest BCUT2D eigenvalue weighted by atomic mass is 10.0. The topological polar surface area (TPSA) is 65.1 Å². The molecule has 0 radical (unpaired) electrons. The van der Waals surface area contributed by atoms with Crippen molar-refractivity contribution in [3.8, 4) is 0 Å². The molecule has 1 aliphatic rings. The molecule has 0 fully saturated rings. The van der Waals surface area contributed by atoms with Crippen LogP contribution in [-0.2, 0) is 25.0 Å². The van der Waals surface area contributed by atoms with Crippen molar-refractivity contribution < 1.29 is 23.2 Å². The highest BCUT2D eigenvalue weighted by molar-refractivity contribution is 6.99. The average Bonchev–Trinajstić information content (AvgIpc) is 3.03. The van der Waals surface area contributed by atoms with Gasteiger partial charge < -0.3 is 13.6 Å². The lowest BCUT2D eigenvalue weighted by Gasteiger charge is -2.43. The summed E-state index contributed by atoms with van der Waals surface area (Å²) in [5.41, 5.74) is 1.57. The van der Waals surface area contributed by atoms with Gasteiger partial charge in [0.05, 0.1) is 12.6 Å². The van der Waals surface area contributed by atoms with Crippen LogP contribution in [-0.4, -0.2) is 52.7 Å². The summed E-state index contributed by atoms with van der Waals surface area (Å²) in [5, 5.41) is 2.30. The maximum Gasteiger partial charge on any atom is 0.414 e. The number of ketones is 1. The van der Waals surface area contributed by atoms with Gasteiger partial charge in [-0.25, -0.2) is 4.79 Å². The number of hydrogen-bond donors (Lipinski definition) is 0. The van der Waals surface area contributed by atoms with Crippen LogP contribution in [0.2, 0.25) is 23.2 Å². The van der Waals surface area contributed by atoms with E-state index in [1.807, 2.05) is 42.5 Å². The molecule has 0 aromatic heterocycles. The number of carbonyl (C=O) groups is 2. The number of amides is 1. The van der Waals surface area contributed by atoms with E-state index in [-0.39, 0.29) is 28.9 Å². The molecule has 0 spiro atoms. The van der Waals surface area contributed by atoms with Gasteiger partial charge in [0, 0.05) is 24.8 Å². The van der Waals surface area contributed by atoms with Crippen molar-refractivity contribution in [1.29, 1.82) is 0 Å². The molecule has 6 nitrogen and oxygen atoms in total. The first kappa shape index (κ1) is 36.5. The fourth-order valence-electron chi connectivity index (χ4n) is 6.01. The second-order valence-electron chi connectivity index (χ2n) is 15.1. The van der Waals surface area contributed by atoms with E-state index in [9.17, 15) is 9.59 Å². The molecule has 0 N–H and O–H groups in total. The van der Waals surface area contributed by atoms with Crippen LogP contribution < -0.4 is 10.4 Å². The molecule has 1 aliphatic heterocycles. The van der Waals surface area contributed by atoms with Crippen molar-refractivity contribution in [2.75, 3.05) is 13.2 Å². The first-order valence-electron chi connectivity index (χ1n) is 16.8. The number of carbonyl (C=O) groups excluding carboxylic acids is 2. The Bertz CT molecular complexity index is 1460. The average molecular weight is 672 g/mol. The first-order valence-corrected chi connectivity index (χ1v) is 21.6.